The van der Waals surface area contributed by atoms with E-state index in [0.717, 1.165) is 26.9 Å². The van der Waals surface area contributed by atoms with Gasteiger partial charge in [0.25, 0.3) is 0 Å². The zero-order chi connectivity index (χ0) is 13.1. The summed E-state index contributed by atoms with van der Waals surface area (Å²) >= 11 is 3.46. The number of aliphatic hydroxyl groups is 1. The molecule has 0 saturated carbocycles. The van der Waals surface area contributed by atoms with Crippen LogP contribution in [-0.4, -0.2) is 12.2 Å². The van der Waals surface area contributed by atoms with Crippen LogP contribution in [0.5, 0.6) is 5.75 Å². The third-order valence-electron chi connectivity index (χ3n) is 2.93. The minimum atomic E-state index is -0.634. The van der Waals surface area contributed by atoms with Gasteiger partial charge in [0.1, 0.15) is 11.9 Å². The Labute approximate surface area is 115 Å². The third-order valence-corrected chi connectivity index (χ3v) is 3.66. The van der Waals surface area contributed by atoms with Crippen molar-refractivity contribution >= 4 is 15.9 Å². The van der Waals surface area contributed by atoms with Crippen molar-refractivity contribution in [3.8, 4) is 5.75 Å². The number of hydrogen-bond donors (Lipinski definition) is 1. The number of methoxy groups -OCH3 is 1. The SMILES string of the molecule is COc1ccc([C@@H](O)c2ccccc2Br)cc1C. The van der Waals surface area contributed by atoms with Crippen molar-refractivity contribution in [3.05, 3.63) is 63.6 Å². The molecule has 3 heteroatoms. The van der Waals surface area contributed by atoms with Gasteiger partial charge in [0.15, 0.2) is 0 Å². The second kappa shape index (κ2) is 5.55. The highest BCUT2D eigenvalue weighted by atomic mass is 79.9. The lowest BCUT2D eigenvalue weighted by molar-refractivity contribution is 0.219. The molecule has 0 aliphatic rings. The molecular formula is C15H15BrO2. The highest BCUT2D eigenvalue weighted by Crippen LogP contribution is 2.30. The predicted octanol–water partition coefficient (Wildman–Crippen LogP) is 3.85. The second-order valence-electron chi connectivity index (χ2n) is 4.15. The summed E-state index contributed by atoms with van der Waals surface area (Å²) in [6.07, 6.45) is -0.634. The monoisotopic (exact) mass is 306 g/mol. The van der Waals surface area contributed by atoms with Crippen LogP contribution < -0.4 is 4.74 Å². The van der Waals surface area contributed by atoms with Gasteiger partial charge in [-0.25, -0.2) is 0 Å². The Morgan fingerprint density at radius 1 is 1.17 bits per heavy atom. The molecule has 0 saturated heterocycles. The van der Waals surface area contributed by atoms with E-state index >= 15 is 0 Å². The number of aliphatic hydroxyl groups excluding tert-OH is 1. The zero-order valence-electron chi connectivity index (χ0n) is 10.4. The van der Waals surface area contributed by atoms with Gasteiger partial charge in [0.2, 0.25) is 0 Å². The minimum Gasteiger partial charge on any atom is -0.496 e. The summed E-state index contributed by atoms with van der Waals surface area (Å²) in [4.78, 5) is 0. The van der Waals surface area contributed by atoms with Crippen LogP contribution in [0.15, 0.2) is 46.9 Å². The zero-order valence-corrected chi connectivity index (χ0v) is 11.9. The van der Waals surface area contributed by atoms with Crippen molar-refractivity contribution in [2.24, 2.45) is 0 Å². The summed E-state index contributed by atoms with van der Waals surface area (Å²) in [6.45, 7) is 1.97. The van der Waals surface area contributed by atoms with E-state index < -0.39 is 6.10 Å². The number of aryl methyl sites for hydroxylation is 1. The van der Waals surface area contributed by atoms with Crippen molar-refractivity contribution in [1.82, 2.24) is 0 Å². The fourth-order valence-electron chi connectivity index (χ4n) is 1.95. The molecule has 94 valence electrons. The van der Waals surface area contributed by atoms with Gasteiger partial charge in [-0.15, -0.1) is 0 Å². The maximum absolute atomic E-state index is 10.4. The second-order valence-corrected chi connectivity index (χ2v) is 5.01. The summed E-state index contributed by atoms with van der Waals surface area (Å²) in [5.41, 5.74) is 2.74. The first-order valence-corrected chi connectivity index (χ1v) is 6.50. The molecule has 1 N–H and O–H groups in total. The Morgan fingerprint density at radius 2 is 1.89 bits per heavy atom. The normalized spacial score (nSPS) is 12.2. The van der Waals surface area contributed by atoms with E-state index in [0.29, 0.717) is 0 Å². The Balaban J connectivity index is 2.37. The van der Waals surface area contributed by atoms with Crippen molar-refractivity contribution in [3.63, 3.8) is 0 Å². The van der Waals surface area contributed by atoms with Crippen molar-refractivity contribution in [1.29, 1.82) is 0 Å². The summed E-state index contributed by atoms with van der Waals surface area (Å²) in [6, 6.07) is 13.4. The van der Waals surface area contributed by atoms with Crippen LogP contribution >= 0.6 is 15.9 Å². The van der Waals surface area contributed by atoms with Crippen molar-refractivity contribution < 1.29 is 9.84 Å². The molecule has 0 unspecified atom stereocenters. The molecule has 0 heterocycles. The summed E-state index contributed by atoms with van der Waals surface area (Å²) in [7, 11) is 1.65. The Kier molecular flexibility index (Phi) is 4.04. The maximum Gasteiger partial charge on any atom is 0.121 e. The van der Waals surface area contributed by atoms with Crippen LogP contribution in [0.25, 0.3) is 0 Å². The highest BCUT2D eigenvalue weighted by molar-refractivity contribution is 9.10. The van der Waals surface area contributed by atoms with Gasteiger partial charge < -0.3 is 9.84 Å². The molecule has 2 rings (SSSR count). The van der Waals surface area contributed by atoms with Gasteiger partial charge >= 0.3 is 0 Å². The fourth-order valence-corrected chi connectivity index (χ4v) is 2.45. The third kappa shape index (κ3) is 2.57. The number of halogens is 1. The lowest BCUT2D eigenvalue weighted by Crippen LogP contribution is -2.01. The van der Waals surface area contributed by atoms with E-state index in [-0.39, 0.29) is 0 Å². The molecule has 0 radical (unpaired) electrons. The number of ether oxygens (including phenoxy) is 1. The molecule has 0 fully saturated rings. The quantitative estimate of drug-likeness (QED) is 0.933. The predicted molar refractivity (Wildman–Crippen MR) is 75.9 cm³/mol. The summed E-state index contributed by atoms with van der Waals surface area (Å²) in [5.74, 6) is 0.832. The highest BCUT2D eigenvalue weighted by Gasteiger charge is 2.14. The standard InChI is InChI=1S/C15H15BrO2/c1-10-9-11(7-8-14(10)18-2)15(17)12-5-3-4-6-13(12)16/h3-9,15,17H,1-2H3/t15-/m1/s1. The first-order valence-electron chi connectivity index (χ1n) is 5.70. The lowest BCUT2D eigenvalue weighted by atomic mass is 10.00. The van der Waals surface area contributed by atoms with Gasteiger partial charge in [-0.1, -0.05) is 40.2 Å². The maximum atomic E-state index is 10.4. The first kappa shape index (κ1) is 13.1. The topological polar surface area (TPSA) is 29.5 Å². The van der Waals surface area contributed by atoms with Crippen LogP contribution in [0, 0.1) is 6.92 Å². The van der Waals surface area contributed by atoms with Crippen LogP contribution in [0.4, 0.5) is 0 Å². The van der Waals surface area contributed by atoms with E-state index in [4.69, 9.17) is 4.74 Å². The summed E-state index contributed by atoms with van der Waals surface area (Å²) < 4.78 is 6.13. The van der Waals surface area contributed by atoms with Gasteiger partial charge in [-0.3, -0.25) is 0 Å². The first-order chi connectivity index (χ1) is 8.63. The number of hydrogen-bond acceptors (Lipinski definition) is 2. The van der Waals surface area contributed by atoms with Gasteiger partial charge in [-0.2, -0.15) is 0 Å². The van der Waals surface area contributed by atoms with E-state index in [1.807, 2.05) is 49.4 Å². The van der Waals surface area contributed by atoms with E-state index in [1.54, 1.807) is 7.11 Å². The molecule has 0 spiro atoms. The average molecular weight is 307 g/mol. The summed E-state index contributed by atoms with van der Waals surface area (Å²) in [5, 5.41) is 10.4. The molecule has 0 aromatic heterocycles. The lowest BCUT2D eigenvalue weighted by Gasteiger charge is -2.15. The minimum absolute atomic E-state index is 0.634. The molecule has 2 aromatic carbocycles. The van der Waals surface area contributed by atoms with Gasteiger partial charge in [0, 0.05) is 4.47 Å². The molecular weight excluding hydrogens is 292 g/mol. The Morgan fingerprint density at radius 3 is 2.50 bits per heavy atom. The van der Waals surface area contributed by atoms with Crippen LogP contribution in [0.3, 0.4) is 0 Å². The molecule has 2 nitrogen and oxygen atoms in total. The van der Waals surface area contributed by atoms with Crippen molar-refractivity contribution in [2.75, 3.05) is 7.11 Å². The van der Waals surface area contributed by atoms with Crippen LogP contribution in [0.2, 0.25) is 0 Å². The molecule has 0 aliphatic heterocycles. The smallest absolute Gasteiger partial charge is 0.121 e. The molecule has 0 bridgehead atoms. The van der Waals surface area contributed by atoms with Crippen LogP contribution in [0.1, 0.15) is 22.8 Å². The Bertz CT molecular complexity index is 552. The van der Waals surface area contributed by atoms with E-state index in [2.05, 4.69) is 15.9 Å². The average Bonchev–Trinajstić information content (AvgIpc) is 2.38. The number of rotatable bonds is 3. The molecule has 0 aliphatic carbocycles. The largest absolute Gasteiger partial charge is 0.496 e. The van der Waals surface area contributed by atoms with Crippen molar-refractivity contribution in [2.45, 2.75) is 13.0 Å². The van der Waals surface area contributed by atoms with Gasteiger partial charge in [0.05, 0.1) is 7.11 Å². The Hall–Kier alpha value is -1.32. The fraction of sp³-hybridized carbons (Fsp3) is 0.200. The van der Waals surface area contributed by atoms with E-state index in [1.165, 1.54) is 0 Å². The van der Waals surface area contributed by atoms with Crippen LogP contribution in [-0.2, 0) is 0 Å². The molecule has 18 heavy (non-hydrogen) atoms. The van der Waals surface area contributed by atoms with E-state index in [9.17, 15) is 5.11 Å². The molecule has 0 amide bonds. The molecule has 2 aromatic rings. The molecule has 1 atom stereocenters. The van der Waals surface area contributed by atoms with Gasteiger partial charge in [-0.05, 0) is 41.8 Å². The number of benzene rings is 2.